The van der Waals surface area contributed by atoms with Crippen molar-refractivity contribution in [3.05, 3.63) is 46.0 Å². The van der Waals surface area contributed by atoms with Crippen molar-refractivity contribution in [2.45, 2.75) is 19.9 Å². The minimum absolute atomic E-state index is 0.102. The molecule has 0 aliphatic rings. The summed E-state index contributed by atoms with van der Waals surface area (Å²) in [5.74, 6) is 0. The lowest BCUT2D eigenvalue weighted by Gasteiger charge is -2.20. The fraction of sp³-hybridized carbons (Fsp3) is 0.429. The number of rotatable bonds is 6. The Morgan fingerprint density at radius 2 is 2.19 bits per heavy atom. The molecule has 1 N–H and O–H groups in total. The summed E-state index contributed by atoms with van der Waals surface area (Å²) >= 11 is 0. The maximum absolute atomic E-state index is 12.5. The zero-order valence-corrected chi connectivity index (χ0v) is 11.7. The van der Waals surface area contributed by atoms with E-state index in [9.17, 15) is 13.6 Å². The van der Waals surface area contributed by atoms with Gasteiger partial charge in [0, 0.05) is 25.4 Å². The SMILES string of the molecule is Cc1ccn2c(=O)cc(CN(CCO)CC(F)F)nc2c1. The molecule has 0 unspecified atom stereocenters. The number of aromatic nitrogens is 2. The number of aliphatic hydroxyl groups is 1. The number of hydrogen-bond donors (Lipinski definition) is 1. The molecule has 0 spiro atoms. The van der Waals surface area contributed by atoms with E-state index in [1.165, 1.54) is 15.4 Å². The molecule has 0 aliphatic carbocycles. The molecule has 2 aromatic rings. The van der Waals surface area contributed by atoms with Crippen LogP contribution in [-0.2, 0) is 6.54 Å². The molecule has 0 saturated carbocycles. The summed E-state index contributed by atoms with van der Waals surface area (Å²) in [6.45, 7) is 1.41. The fourth-order valence-electron chi connectivity index (χ4n) is 2.14. The van der Waals surface area contributed by atoms with Gasteiger partial charge in [-0.1, -0.05) is 0 Å². The summed E-state index contributed by atoms with van der Waals surface area (Å²) in [7, 11) is 0. The second-order valence-electron chi connectivity index (χ2n) is 4.87. The van der Waals surface area contributed by atoms with E-state index >= 15 is 0 Å². The van der Waals surface area contributed by atoms with E-state index in [1.54, 1.807) is 18.3 Å². The van der Waals surface area contributed by atoms with Gasteiger partial charge in [0.25, 0.3) is 12.0 Å². The highest BCUT2D eigenvalue weighted by molar-refractivity contribution is 5.41. The van der Waals surface area contributed by atoms with Gasteiger partial charge in [0.05, 0.1) is 18.8 Å². The number of alkyl halides is 2. The van der Waals surface area contributed by atoms with Crippen LogP contribution in [-0.4, -0.2) is 45.5 Å². The first-order valence-corrected chi connectivity index (χ1v) is 6.60. The average Bonchev–Trinajstić information content (AvgIpc) is 2.37. The third kappa shape index (κ3) is 4.05. The largest absolute Gasteiger partial charge is 0.395 e. The zero-order chi connectivity index (χ0) is 15.4. The van der Waals surface area contributed by atoms with Gasteiger partial charge in [-0.15, -0.1) is 0 Å². The van der Waals surface area contributed by atoms with Crippen LogP contribution in [0, 0.1) is 6.92 Å². The molecule has 0 bridgehead atoms. The Kier molecular flexibility index (Phi) is 4.98. The van der Waals surface area contributed by atoms with Gasteiger partial charge in [-0.25, -0.2) is 13.8 Å². The van der Waals surface area contributed by atoms with Crippen LogP contribution in [0.5, 0.6) is 0 Å². The smallest absolute Gasteiger partial charge is 0.258 e. The minimum atomic E-state index is -2.50. The predicted octanol–water partition coefficient (Wildman–Crippen LogP) is 1.06. The normalized spacial score (nSPS) is 11.7. The number of pyridine rings is 1. The molecule has 0 fully saturated rings. The van der Waals surface area contributed by atoms with Gasteiger partial charge in [0.1, 0.15) is 5.65 Å². The quantitative estimate of drug-likeness (QED) is 0.866. The molecule has 7 heteroatoms. The van der Waals surface area contributed by atoms with Crippen molar-refractivity contribution in [3.63, 3.8) is 0 Å². The number of nitrogens with zero attached hydrogens (tertiary/aromatic N) is 3. The van der Waals surface area contributed by atoms with Crippen molar-refractivity contribution >= 4 is 5.65 Å². The third-order valence-electron chi connectivity index (χ3n) is 3.07. The van der Waals surface area contributed by atoms with E-state index in [2.05, 4.69) is 4.98 Å². The van der Waals surface area contributed by atoms with Crippen molar-refractivity contribution in [3.8, 4) is 0 Å². The molecule has 2 aromatic heterocycles. The van der Waals surface area contributed by atoms with Crippen LogP contribution < -0.4 is 5.56 Å². The lowest BCUT2D eigenvalue weighted by Crippen LogP contribution is -2.32. The second-order valence-corrected chi connectivity index (χ2v) is 4.87. The first kappa shape index (κ1) is 15.5. The first-order chi connectivity index (χ1) is 9.99. The minimum Gasteiger partial charge on any atom is -0.395 e. The van der Waals surface area contributed by atoms with Crippen molar-refractivity contribution in [1.29, 1.82) is 0 Å². The van der Waals surface area contributed by atoms with Gasteiger partial charge < -0.3 is 5.11 Å². The molecule has 0 aliphatic heterocycles. The Bertz CT molecular complexity index is 673. The van der Waals surface area contributed by atoms with Crippen LogP contribution >= 0.6 is 0 Å². The van der Waals surface area contributed by atoms with Gasteiger partial charge in [-0.2, -0.15) is 0 Å². The van der Waals surface area contributed by atoms with Crippen molar-refractivity contribution in [1.82, 2.24) is 14.3 Å². The van der Waals surface area contributed by atoms with E-state index in [0.717, 1.165) is 5.56 Å². The number of aliphatic hydroxyl groups excluding tert-OH is 1. The Morgan fingerprint density at radius 1 is 1.43 bits per heavy atom. The summed E-state index contributed by atoms with van der Waals surface area (Å²) in [6.07, 6.45) is -0.866. The highest BCUT2D eigenvalue weighted by Gasteiger charge is 2.13. The molecule has 0 amide bonds. The van der Waals surface area contributed by atoms with E-state index in [4.69, 9.17) is 5.11 Å². The number of fused-ring (bicyclic) bond motifs is 1. The maximum atomic E-state index is 12.5. The lowest BCUT2D eigenvalue weighted by atomic mass is 10.3. The van der Waals surface area contributed by atoms with Crippen LogP contribution in [0.3, 0.4) is 0 Å². The van der Waals surface area contributed by atoms with Crippen LogP contribution in [0.15, 0.2) is 29.2 Å². The molecule has 2 rings (SSSR count). The average molecular weight is 297 g/mol. The van der Waals surface area contributed by atoms with Crippen LogP contribution in [0.25, 0.3) is 5.65 Å². The molecular weight excluding hydrogens is 280 g/mol. The van der Waals surface area contributed by atoms with Crippen LogP contribution in [0.4, 0.5) is 8.78 Å². The second kappa shape index (κ2) is 6.73. The van der Waals surface area contributed by atoms with E-state index < -0.39 is 13.0 Å². The maximum Gasteiger partial charge on any atom is 0.258 e. The Labute approximate surface area is 120 Å². The van der Waals surface area contributed by atoms with Crippen molar-refractivity contribution in [2.24, 2.45) is 0 Å². The van der Waals surface area contributed by atoms with E-state index in [0.29, 0.717) is 11.3 Å². The molecule has 0 aromatic carbocycles. The molecule has 114 valence electrons. The van der Waals surface area contributed by atoms with Gasteiger partial charge in [-0.05, 0) is 24.6 Å². The Morgan fingerprint density at radius 3 is 2.86 bits per heavy atom. The predicted molar refractivity (Wildman–Crippen MR) is 74.6 cm³/mol. The summed E-state index contributed by atoms with van der Waals surface area (Å²) in [5.41, 5.74) is 1.60. The summed E-state index contributed by atoms with van der Waals surface area (Å²) in [6, 6.07) is 4.89. The standard InChI is InChI=1S/C14H17F2N3O2/c1-10-2-3-19-13(6-10)17-11(7-14(19)21)8-18(4-5-20)9-12(15)16/h2-3,6-7,12,20H,4-5,8-9H2,1H3. The topological polar surface area (TPSA) is 57.8 Å². The van der Waals surface area contributed by atoms with Crippen molar-refractivity contribution in [2.75, 3.05) is 19.7 Å². The molecule has 5 nitrogen and oxygen atoms in total. The monoisotopic (exact) mass is 297 g/mol. The summed E-state index contributed by atoms with van der Waals surface area (Å²) in [5, 5.41) is 8.92. The Balaban J connectivity index is 2.30. The Hall–Kier alpha value is -1.86. The number of aryl methyl sites for hydroxylation is 1. The highest BCUT2D eigenvalue weighted by Crippen LogP contribution is 2.07. The molecule has 0 atom stereocenters. The van der Waals surface area contributed by atoms with Crippen molar-refractivity contribution < 1.29 is 13.9 Å². The first-order valence-electron chi connectivity index (χ1n) is 6.60. The lowest BCUT2D eigenvalue weighted by molar-refractivity contribution is 0.0740. The molecule has 2 heterocycles. The molecule has 21 heavy (non-hydrogen) atoms. The van der Waals surface area contributed by atoms with Gasteiger partial charge in [-0.3, -0.25) is 14.1 Å². The molecule has 0 saturated heterocycles. The number of halogens is 2. The fourth-order valence-corrected chi connectivity index (χ4v) is 2.14. The van der Waals surface area contributed by atoms with Gasteiger partial charge >= 0.3 is 0 Å². The zero-order valence-electron chi connectivity index (χ0n) is 11.7. The van der Waals surface area contributed by atoms with Crippen LogP contribution in [0.2, 0.25) is 0 Å². The third-order valence-corrected chi connectivity index (χ3v) is 3.07. The molecule has 0 radical (unpaired) electrons. The summed E-state index contributed by atoms with van der Waals surface area (Å²) in [4.78, 5) is 17.7. The molecular formula is C14H17F2N3O2. The van der Waals surface area contributed by atoms with E-state index in [1.807, 2.05) is 6.92 Å². The highest BCUT2D eigenvalue weighted by atomic mass is 19.3. The van der Waals surface area contributed by atoms with Gasteiger partial charge in [0.15, 0.2) is 0 Å². The summed E-state index contributed by atoms with van der Waals surface area (Å²) < 4.78 is 26.4. The van der Waals surface area contributed by atoms with E-state index in [-0.39, 0.29) is 25.3 Å². The van der Waals surface area contributed by atoms with Gasteiger partial charge in [0.2, 0.25) is 0 Å². The number of hydrogen-bond acceptors (Lipinski definition) is 4. The van der Waals surface area contributed by atoms with Crippen LogP contribution in [0.1, 0.15) is 11.3 Å².